The van der Waals surface area contributed by atoms with Gasteiger partial charge in [0.1, 0.15) is 5.56 Å². The Hall–Kier alpha value is -1.45. The smallest absolute Gasteiger partial charge is 0.342 e. The van der Waals surface area contributed by atoms with E-state index < -0.39 is 21.6 Å². The number of nitrogens with one attached hydrogen (secondary N) is 1. The number of carbonyl (C=O) groups is 1. The van der Waals surface area contributed by atoms with Gasteiger partial charge in [-0.15, -0.1) is 0 Å². The molecule has 2 heterocycles. The first-order valence-electron chi connectivity index (χ1n) is 5.71. The van der Waals surface area contributed by atoms with Gasteiger partial charge in [0.25, 0.3) is 10.0 Å². The topological polar surface area (TPSA) is 113 Å². The van der Waals surface area contributed by atoms with Gasteiger partial charge >= 0.3 is 5.97 Å². The maximum absolute atomic E-state index is 12.2. The van der Waals surface area contributed by atoms with Crippen LogP contribution in [0.4, 0.5) is 0 Å². The van der Waals surface area contributed by atoms with Crippen molar-refractivity contribution < 1.29 is 23.1 Å². The second-order valence-corrected chi connectivity index (χ2v) is 6.48. The van der Waals surface area contributed by atoms with Crippen LogP contribution in [0.2, 0.25) is 0 Å². The highest BCUT2D eigenvalue weighted by Crippen LogP contribution is 2.28. The van der Waals surface area contributed by atoms with Gasteiger partial charge < -0.3 is 9.84 Å². The number of esters is 1. The average Bonchev–Trinajstić information content (AvgIpc) is 2.75. The Morgan fingerprint density at radius 1 is 1.63 bits per heavy atom. The molecule has 1 aromatic heterocycles. The molecular weight excluding hydrogens is 274 g/mol. The number of aromatic nitrogens is 2. The number of sulfonamides is 1. The number of nitrogens with zero attached hydrogens (tertiary/aromatic N) is 2. The van der Waals surface area contributed by atoms with Crippen molar-refractivity contribution in [3.05, 3.63) is 11.8 Å². The molecule has 1 fully saturated rings. The molecule has 0 aromatic carbocycles. The molecule has 0 radical (unpaired) electrons. The molecule has 2 rings (SSSR count). The minimum atomic E-state index is -3.87. The molecule has 1 aliphatic rings. The van der Waals surface area contributed by atoms with Crippen LogP contribution in [0.3, 0.4) is 0 Å². The van der Waals surface area contributed by atoms with Crippen molar-refractivity contribution in [3.8, 4) is 0 Å². The Morgan fingerprint density at radius 2 is 2.26 bits per heavy atom. The van der Waals surface area contributed by atoms with E-state index in [2.05, 4.69) is 10.2 Å². The van der Waals surface area contributed by atoms with Gasteiger partial charge in [0.05, 0.1) is 18.4 Å². The van der Waals surface area contributed by atoms with Gasteiger partial charge in [-0.2, -0.15) is 9.40 Å². The van der Waals surface area contributed by atoms with E-state index >= 15 is 0 Å². The summed E-state index contributed by atoms with van der Waals surface area (Å²) in [6, 6.07) is 0. The van der Waals surface area contributed by atoms with Crippen molar-refractivity contribution in [2.45, 2.75) is 24.5 Å². The minimum absolute atomic E-state index is 0.0172. The van der Waals surface area contributed by atoms with Gasteiger partial charge in [-0.3, -0.25) is 5.10 Å². The number of ether oxygens (including phenoxy) is 1. The van der Waals surface area contributed by atoms with Crippen LogP contribution in [-0.4, -0.2) is 59.3 Å². The maximum atomic E-state index is 12.2. The van der Waals surface area contributed by atoms with Crippen molar-refractivity contribution in [3.63, 3.8) is 0 Å². The van der Waals surface area contributed by atoms with Crippen LogP contribution in [-0.2, 0) is 14.8 Å². The van der Waals surface area contributed by atoms with Crippen LogP contribution in [0.15, 0.2) is 11.2 Å². The Kier molecular flexibility index (Phi) is 3.37. The minimum Gasteiger partial charge on any atom is -0.462 e. The van der Waals surface area contributed by atoms with Gasteiger partial charge in [0, 0.05) is 13.1 Å². The number of hydrogen-bond acceptors (Lipinski definition) is 6. The van der Waals surface area contributed by atoms with E-state index in [4.69, 9.17) is 4.74 Å². The first kappa shape index (κ1) is 14.0. The summed E-state index contributed by atoms with van der Waals surface area (Å²) < 4.78 is 30.3. The molecule has 0 unspecified atom stereocenters. The summed E-state index contributed by atoms with van der Waals surface area (Å²) in [5, 5.41) is 15.2. The van der Waals surface area contributed by atoms with Crippen LogP contribution >= 0.6 is 0 Å². The second kappa shape index (κ2) is 4.58. The zero-order valence-electron chi connectivity index (χ0n) is 10.6. The number of H-pyrrole nitrogens is 1. The third-order valence-electron chi connectivity index (χ3n) is 2.73. The molecule has 8 nitrogen and oxygen atoms in total. The summed E-state index contributed by atoms with van der Waals surface area (Å²) >= 11 is 0. The Morgan fingerprint density at radius 3 is 2.79 bits per heavy atom. The molecule has 1 aliphatic heterocycles. The van der Waals surface area contributed by atoms with Gasteiger partial charge in [-0.25, -0.2) is 13.2 Å². The van der Waals surface area contributed by atoms with E-state index in [1.165, 1.54) is 6.92 Å². The summed E-state index contributed by atoms with van der Waals surface area (Å²) in [6.07, 6.45) is 1.11. The predicted octanol–water partition coefficient (Wildman–Crippen LogP) is -0.658. The lowest BCUT2D eigenvalue weighted by atomic mass is 10.0. The number of hydrogen-bond donors (Lipinski definition) is 2. The lowest BCUT2D eigenvalue weighted by Gasteiger charge is -2.42. The van der Waals surface area contributed by atoms with Crippen molar-refractivity contribution in [2.75, 3.05) is 19.7 Å². The molecule has 0 aliphatic carbocycles. The molecule has 19 heavy (non-hydrogen) atoms. The average molecular weight is 289 g/mol. The normalized spacial score (nSPS) is 18.9. The van der Waals surface area contributed by atoms with E-state index in [-0.39, 0.29) is 30.3 Å². The Bertz CT molecular complexity index is 584. The molecular formula is C10H15N3O5S. The first-order valence-corrected chi connectivity index (χ1v) is 7.15. The highest BCUT2D eigenvalue weighted by atomic mass is 32.2. The lowest BCUT2D eigenvalue weighted by Crippen LogP contribution is -2.61. The zero-order chi connectivity index (χ0) is 14.3. The Balaban J connectivity index is 2.28. The summed E-state index contributed by atoms with van der Waals surface area (Å²) in [7, 11) is -3.87. The highest BCUT2D eigenvalue weighted by molar-refractivity contribution is 7.89. The summed E-state index contributed by atoms with van der Waals surface area (Å²) in [6.45, 7) is 3.27. The van der Waals surface area contributed by atoms with E-state index in [0.717, 1.165) is 10.5 Å². The number of aliphatic hydroxyl groups is 1. The molecule has 1 aromatic rings. The molecule has 1 saturated heterocycles. The largest absolute Gasteiger partial charge is 0.462 e. The zero-order valence-corrected chi connectivity index (χ0v) is 11.4. The summed E-state index contributed by atoms with van der Waals surface area (Å²) in [5.41, 5.74) is -1.16. The van der Waals surface area contributed by atoms with E-state index in [1.807, 2.05) is 0 Å². The van der Waals surface area contributed by atoms with Gasteiger partial charge in [-0.05, 0) is 13.8 Å². The van der Waals surface area contributed by atoms with Crippen molar-refractivity contribution in [1.29, 1.82) is 0 Å². The number of aromatic amines is 1. The standard InChI is InChI=1S/C10H15N3O5S/c1-3-18-9(14)7-4-11-12-8(7)19(16,17)13-5-10(2,15)6-13/h4,15H,3,5-6H2,1-2H3,(H,11,12). The van der Waals surface area contributed by atoms with E-state index in [0.29, 0.717) is 0 Å². The molecule has 0 atom stereocenters. The monoisotopic (exact) mass is 289 g/mol. The van der Waals surface area contributed by atoms with Crippen LogP contribution < -0.4 is 0 Å². The fourth-order valence-corrected chi connectivity index (χ4v) is 3.57. The molecule has 0 spiro atoms. The SMILES string of the molecule is CCOC(=O)c1cn[nH]c1S(=O)(=O)N1CC(C)(O)C1. The highest BCUT2D eigenvalue weighted by Gasteiger charge is 2.45. The second-order valence-electron chi connectivity index (χ2n) is 4.60. The van der Waals surface area contributed by atoms with Gasteiger partial charge in [0.2, 0.25) is 0 Å². The van der Waals surface area contributed by atoms with E-state index in [1.54, 1.807) is 6.92 Å². The fraction of sp³-hybridized carbons (Fsp3) is 0.600. The number of β-amino-alcohol motifs (C(OH)–C–C–N with tert-alkyl or cyclic N) is 1. The quantitative estimate of drug-likeness (QED) is 0.712. The maximum Gasteiger partial charge on any atom is 0.342 e. The molecule has 0 bridgehead atoms. The predicted molar refractivity (Wildman–Crippen MR) is 63.9 cm³/mol. The molecule has 2 N–H and O–H groups in total. The molecule has 0 amide bonds. The van der Waals surface area contributed by atoms with Crippen LogP contribution in [0.1, 0.15) is 24.2 Å². The van der Waals surface area contributed by atoms with E-state index in [9.17, 15) is 18.3 Å². The lowest BCUT2D eigenvalue weighted by molar-refractivity contribution is -0.0427. The van der Waals surface area contributed by atoms with Crippen molar-refractivity contribution in [1.82, 2.24) is 14.5 Å². The Labute approximate surface area is 110 Å². The molecule has 0 saturated carbocycles. The van der Waals surface area contributed by atoms with Crippen molar-refractivity contribution >= 4 is 16.0 Å². The summed E-state index contributed by atoms with van der Waals surface area (Å²) in [5.74, 6) is -0.748. The first-order chi connectivity index (χ1) is 8.78. The van der Waals surface area contributed by atoms with Crippen LogP contribution in [0.25, 0.3) is 0 Å². The number of carbonyl (C=O) groups excluding carboxylic acids is 1. The number of rotatable bonds is 4. The third kappa shape index (κ3) is 2.48. The third-order valence-corrected chi connectivity index (χ3v) is 4.50. The van der Waals surface area contributed by atoms with Crippen LogP contribution in [0.5, 0.6) is 0 Å². The molecule has 9 heteroatoms. The van der Waals surface area contributed by atoms with Gasteiger partial charge in [-0.1, -0.05) is 0 Å². The van der Waals surface area contributed by atoms with Crippen LogP contribution in [0, 0.1) is 0 Å². The summed E-state index contributed by atoms with van der Waals surface area (Å²) in [4.78, 5) is 11.6. The fourth-order valence-electron chi connectivity index (χ4n) is 1.84. The van der Waals surface area contributed by atoms with Gasteiger partial charge in [0.15, 0.2) is 5.03 Å². The molecule has 106 valence electrons. The van der Waals surface area contributed by atoms with Crippen molar-refractivity contribution in [2.24, 2.45) is 0 Å².